The molecule has 0 bridgehead atoms. The number of aliphatic carboxylic acids is 1. The highest BCUT2D eigenvalue weighted by Crippen LogP contribution is 2.35. The Morgan fingerprint density at radius 2 is 1.77 bits per heavy atom. The summed E-state index contributed by atoms with van der Waals surface area (Å²) in [5.74, 6) is 0.582. The molecule has 3 aromatic rings. The van der Waals surface area contributed by atoms with Crippen LogP contribution in [0.2, 0.25) is 0 Å². The quantitative estimate of drug-likeness (QED) is 0.650. The van der Waals surface area contributed by atoms with Crippen LogP contribution in [0.25, 0.3) is 11.3 Å². The molecule has 0 fully saturated rings. The van der Waals surface area contributed by atoms with Crippen LogP contribution in [0.15, 0.2) is 59.0 Å². The van der Waals surface area contributed by atoms with Gasteiger partial charge in [0.15, 0.2) is 11.5 Å². The van der Waals surface area contributed by atoms with E-state index in [9.17, 15) is 14.7 Å². The van der Waals surface area contributed by atoms with Gasteiger partial charge in [0.05, 0.1) is 5.56 Å². The third kappa shape index (κ3) is 4.15. The van der Waals surface area contributed by atoms with Crippen molar-refractivity contribution < 1.29 is 28.6 Å². The zero-order valence-electron chi connectivity index (χ0n) is 16.4. The van der Waals surface area contributed by atoms with E-state index in [0.29, 0.717) is 41.8 Å². The number of carbonyl (C=O) groups is 2. The minimum atomic E-state index is -1.10. The highest BCUT2D eigenvalue weighted by atomic mass is 16.6. The highest BCUT2D eigenvalue weighted by molar-refractivity contribution is 5.98. The van der Waals surface area contributed by atoms with E-state index in [-0.39, 0.29) is 6.42 Å². The number of nitrogens with one attached hydrogen (secondary N) is 1. The summed E-state index contributed by atoms with van der Waals surface area (Å²) < 4.78 is 16.9. The molecule has 1 aliphatic heterocycles. The number of fused-ring (bicyclic) bond motifs is 1. The van der Waals surface area contributed by atoms with Crippen LogP contribution in [-0.2, 0) is 11.2 Å². The Kier molecular flexibility index (Phi) is 5.43. The molecule has 0 saturated heterocycles. The van der Waals surface area contributed by atoms with Crippen molar-refractivity contribution in [1.82, 2.24) is 5.32 Å². The second kappa shape index (κ2) is 8.32. The van der Waals surface area contributed by atoms with E-state index in [4.69, 9.17) is 13.9 Å². The van der Waals surface area contributed by atoms with Gasteiger partial charge < -0.3 is 24.3 Å². The summed E-state index contributed by atoms with van der Waals surface area (Å²) >= 11 is 0. The summed E-state index contributed by atoms with van der Waals surface area (Å²) in [4.78, 5) is 24.4. The Balaban J connectivity index is 1.53. The number of ether oxygens (including phenoxy) is 2. The number of carboxylic acid groups (broad SMARTS) is 1. The van der Waals surface area contributed by atoms with E-state index >= 15 is 0 Å². The molecule has 2 N–H and O–H groups in total. The molecule has 0 unspecified atom stereocenters. The van der Waals surface area contributed by atoms with Crippen LogP contribution in [-0.4, -0.2) is 36.2 Å². The van der Waals surface area contributed by atoms with Gasteiger partial charge in [0.25, 0.3) is 5.91 Å². The average molecular weight is 407 g/mol. The van der Waals surface area contributed by atoms with Crippen LogP contribution in [0, 0.1) is 6.92 Å². The Morgan fingerprint density at radius 3 is 2.50 bits per heavy atom. The zero-order chi connectivity index (χ0) is 21.1. The number of carboxylic acids is 1. The molecule has 4 rings (SSSR count). The summed E-state index contributed by atoms with van der Waals surface area (Å²) in [6.07, 6.45) is 0.188. The molecule has 1 aromatic heterocycles. The molecule has 7 heteroatoms. The van der Waals surface area contributed by atoms with Crippen molar-refractivity contribution in [2.75, 3.05) is 13.2 Å². The van der Waals surface area contributed by atoms with Crippen LogP contribution in [0.4, 0.5) is 0 Å². The lowest BCUT2D eigenvalue weighted by atomic mass is 10.1. The third-order valence-corrected chi connectivity index (χ3v) is 4.88. The molecule has 0 spiro atoms. The van der Waals surface area contributed by atoms with Gasteiger partial charge in [-0.2, -0.15) is 0 Å². The van der Waals surface area contributed by atoms with Crippen LogP contribution in [0.1, 0.15) is 21.7 Å². The largest absolute Gasteiger partial charge is 0.486 e. The number of carbonyl (C=O) groups excluding carboxylic acids is 1. The molecule has 0 saturated carbocycles. The lowest BCUT2D eigenvalue weighted by Gasteiger charge is -2.18. The molecule has 7 nitrogen and oxygen atoms in total. The van der Waals surface area contributed by atoms with Crippen molar-refractivity contribution in [2.45, 2.75) is 19.4 Å². The normalized spacial score (nSPS) is 13.5. The predicted molar refractivity (Wildman–Crippen MR) is 109 cm³/mol. The predicted octanol–water partition coefficient (Wildman–Crippen LogP) is 3.45. The van der Waals surface area contributed by atoms with Gasteiger partial charge in [0.2, 0.25) is 0 Å². The van der Waals surface area contributed by atoms with E-state index in [1.807, 2.05) is 36.4 Å². The van der Waals surface area contributed by atoms with Crippen molar-refractivity contribution in [3.63, 3.8) is 0 Å². The minimum Gasteiger partial charge on any atom is -0.486 e. The first-order chi connectivity index (χ1) is 14.5. The number of aryl methyl sites for hydroxylation is 1. The molecule has 2 aromatic carbocycles. The van der Waals surface area contributed by atoms with Crippen molar-refractivity contribution >= 4 is 11.9 Å². The van der Waals surface area contributed by atoms with Gasteiger partial charge in [0.1, 0.15) is 30.8 Å². The summed E-state index contributed by atoms with van der Waals surface area (Å²) in [5.41, 5.74) is 1.85. The van der Waals surface area contributed by atoms with Crippen LogP contribution in [0.5, 0.6) is 11.5 Å². The van der Waals surface area contributed by atoms with Crippen LogP contribution < -0.4 is 14.8 Å². The van der Waals surface area contributed by atoms with E-state index in [2.05, 4.69) is 5.32 Å². The van der Waals surface area contributed by atoms with Gasteiger partial charge in [-0.1, -0.05) is 30.3 Å². The van der Waals surface area contributed by atoms with E-state index in [0.717, 1.165) is 11.1 Å². The molecule has 30 heavy (non-hydrogen) atoms. The fraction of sp³-hybridized carbons (Fsp3) is 0.217. The van der Waals surface area contributed by atoms with Crippen molar-refractivity contribution in [3.8, 4) is 22.8 Å². The molecular formula is C23H21NO6. The van der Waals surface area contributed by atoms with Gasteiger partial charge >= 0.3 is 5.97 Å². The van der Waals surface area contributed by atoms with Crippen LogP contribution in [0.3, 0.4) is 0 Å². The lowest BCUT2D eigenvalue weighted by molar-refractivity contribution is -0.139. The van der Waals surface area contributed by atoms with Gasteiger partial charge in [0, 0.05) is 12.0 Å². The first kappa shape index (κ1) is 19.6. The summed E-state index contributed by atoms with van der Waals surface area (Å²) in [5, 5.41) is 12.1. The first-order valence-electron chi connectivity index (χ1n) is 9.59. The minimum absolute atomic E-state index is 0.188. The smallest absolute Gasteiger partial charge is 0.326 e. The maximum absolute atomic E-state index is 12.8. The number of hydrogen-bond donors (Lipinski definition) is 2. The molecule has 0 radical (unpaired) electrons. The average Bonchev–Trinajstić information content (AvgIpc) is 3.15. The molecule has 1 amide bonds. The standard InChI is InChI=1S/C23H21NO6/c1-14-17(22(25)24-18(23(26)27)11-15-5-3-2-4-6-15)13-20(30-14)16-7-8-19-21(12-16)29-10-9-28-19/h2-8,12-13,18H,9-11H2,1H3,(H,24,25)(H,26,27)/t18-/m1/s1. The van der Waals surface area contributed by atoms with Crippen molar-refractivity contribution in [3.05, 3.63) is 71.5 Å². The number of furan rings is 1. The maximum atomic E-state index is 12.8. The number of benzene rings is 2. The van der Waals surface area contributed by atoms with Crippen LogP contribution >= 0.6 is 0 Å². The fourth-order valence-electron chi connectivity index (χ4n) is 3.33. The molecule has 154 valence electrons. The summed E-state index contributed by atoms with van der Waals surface area (Å²) in [7, 11) is 0. The topological polar surface area (TPSA) is 98.0 Å². The van der Waals surface area contributed by atoms with E-state index < -0.39 is 17.9 Å². The summed E-state index contributed by atoms with van der Waals surface area (Å²) in [6.45, 7) is 2.65. The second-order valence-corrected chi connectivity index (χ2v) is 6.99. The van der Waals surface area contributed by atoms with Crippen molar-refractivity contribution in [1.29, 1.82) is 0 Å². The highest BCUT2D eigenvalue weighted by Gasteiger charge is 2.24. The first-order valence-corrected chi connectivity index (χ1v) is 9.59. The van der Waals surface area contributed by atoms with Gasteiger partial charge in [-0.15, -0.1) is 0 Å². The number of amides is 1. The fourth-order valence-corrected chi connectivity index (χ4v) is 3.33. The second-order valence-electron chi connectivity index (χ2n) is 6.99. The maximum Gasteiger partial charge on any atom is 0.326 e. The monoisotopic (exact) mass is 407 g/mol. The van der Waals surface area contributed by atoms with Gasteiger partial charge in [-0.3, -0.25) is 4.79 Å². The summed E-state index contributed by atoms with van der Waals surface area (Å²) in [6, 6.07) is 15.1. The van der Waals surface area contributed by atoms with Gasteiger partial charge in [-0.05, 0) is 36.8 Å². The molecule has 2 heterocycles. The molecule has 1 aliphatic rings. The van der Waals surface area contributed by atoms with E-state index in [1.165, 1.54) is 0 Å². The Hall–Kier alpha value is -3.74. The molecular weight excluding hydrogens is 386 g/mol. The number of hydrogen-bond acceptors (Lipinski definition) is 5. The zero-order valence-corrected chi connectivity index (χ0v) is 16.4. The van der Waals surface area contributed by atoms with Crippen molar-refractivity contribution in [2.24, 2.45) is 0 Å². The lowest BCUT2D eigenvalue weighted by Crippen LogP contribution is -2.42. The Bertz CT molecular complexity index is 1070. The number of rotatable bonds is 6. The van der Waals surface area contributed by atoms with Gasteiger partial charge in [-0.25, -0.2) is 4.79 Å². The Labute approximate surface area is 173 Å². The Morgan fingerprint density at radius 1 is 1.03 bits per heavy atom. The molecule has 1 atom stereocenters. The third-order valence-electron chi connectivity index (χ3n) is 4.88. The SMILES string of the molecule is Cc1oc(-c2ccc3c(c2)OCCO3)cc1C(=O)N[C@H](Cc1ccccc1)C(=O)O. The van der Waals surface area contributed by atoms with E-state index in [1.54, 1.807) is 25.1 Å². The molecule has 0 aliphatic carbocycles.